The summed E-state index contributed by atoms with van der Waals surface area (Å²) in [7, 11) is 0. The van der Waals surface area contributed by atoms with Gasteiger partial charge in [0.15, 0.2) is 4.21 Å². The van der Waals surface area contributed by atoms with Gasteiger partial charge in [0.2, 0.25) is 0 Å². The molecule has 0 bridgehead atoms. The number of fused-ring (bicyclic) bond motifs is 1. The molecule has 1 fully saturated rings. The second-order valence-electron chi connectivity index (χ2n) is 4.23. The average molecular weight is 338 g/mol. The fraction of sp³-hybridized carbons (Fsp3) is 0.545. The minimum atomic E-state index is -1.22. The van der Waals surface area contributed by atoms with E-state index >= 15 is 0 Å². The van der Waals surface area contributed by atoms with Crippen LogP contribution in [0.4, 0.5) is 0 Å². The molecule has 0 radical (unpaired) electrons. The number of halogens is 1. The number of esters is 1. The highest BCUT2D eigenvalue weighted by molar-refractivity contribution is 8.06. The first-order valence-electron chi connectivity index (χ1n) is 5.61. The number of amides is 1. The summed E-state index contributed by atoms with van der Waals surface area (Å²) in [4.78, 5) is 35.5. The summed E-state index contributed by atoms with van der Waals surface area (Å²) < 4.78 is 3.72. The van der Waals surface area contributed by atoms with Crippen LogP contribution in [0.1, 0.15) is 6.92 Å². The molecule has 1 N–H and O–H groups in total. The van der Waals surface area contributed by atoms with Gasteiger partial charge in [0.05, 0.1) is 0 Å². The fourth-order valence-corrected chi connectivity index (χ4v) is 4.73. The third kappa shape index (κ3) is 2.29. The SMILES string of the molecule is CSC1(Cl)C(=O)N2C(C(=O)O)=C(COC(C)=O)CS[C@@H]21. The van der Waals surface area contributed by atoms with E-state index in [1.165, 1.54) is 35.3 Å². The van der Waals surface area contributed by atoms with Crippen LogP contribution < -0.4 is 0 Å². The lowest BCUT2D eigenvalue weighted by Crippen LogP contribution is -2.69. The van der Waals surface area contributed by atoms with Crippen molar-refractivity contribution in [3.63, 3.8) is 0 Å². The lowest BCUT2D eigenvalue weighted by molar-refractivity contribution is -0.147. The molecule has 1 unspecified atom stereocenters. The number of hydrogen-bond acceptors (Lipinski definition) is 6. The molecule has 20 heavy (non-hydrogen) atoms. The molecule has 0 saturated carbocycles. The molecule has 110 valence electrons. The van der Waals surface area contributed by atoms with Crippen molar-refractivity contribution in [2.24, 2.45) is 0 Å². The second kappa shape index (κ2) is 5.50. The zero-order chi connectivity index (χ0) is 15.1. The van der Waals surface area contributed by atoms with Crippen LogP contribution in [0.15, 0.2) is 11.3 Å². The summed E-state index contributed by atoms with van der Waals surface area (Å²) in [5, 5.41) is 8.89. The maximum Gasteiger partial charge on any atom is 0.352 e. The van der Waals surface area contributed by atoms with Crippen LogP contribution in [0.25, 0.3) is 0 Å². The van der Waals surface area contributed by atoms with Crippen LogP contribution in [-0.2, 0) is 19.1 Å². The Balaban J connectivity index is 2.31. The number of carbonyl (C=O) groups excluding carboxylic acids is 2. The van der Waals surface area contributed by atoms with Gasteiger partial charge in [0.1, 0.15) is 17.7 Å². The van der Waals surface area contributed by atoms with E-state index in [4.69, 9.17) is 16.3 Å². The van der Waals surface area contributed by atoms with Crippen molar-refractivity contribution >= 4 is 53.0 Å². The Morgan fingerprint density at radius 3 is 2.80 bits per heavy atom. The number of carbonyl (C=O) groups is 3. The van der Waals surface area contributed by atoms with Crippen molar-refractivity contribution in [3.8, 4) is 0 Å². The molecule has 1 saturated heterocycles. The summed E-state index contributed by atoms with van der Waals surface area (Å²) in [6.45, 7) is 1.11. The topological polar surface area (TPSA) is 83.9 Å². The van der Waals surface area contributed by atoms with Crippen LogP contribution in [0.2, 0.25) is 0 Å². The number of aliphatic carboxylic acids is 1. The van der Waals surface area contributed by atoms with Gasteiger partial charge in [-0.3, -0.25) is 14.5 Å². The van der Waals surface area contributed by atoms with Gasteiger partial charge >= 0.3 is 11.9 Å². The van der Waals surface area contributed by atoms with Gasteiger partial charge in [-0.25, -0.2) is 4.79 Å². The predicted octanol–water partition coefficient (Wildman–Crippen LogP) is 1.10. The smallest absolute Gasteiger partial charge is 0.352 e. The van der Waals surface area contributed by atoms with Gasteiger partial charge in [0, 0.05) is 18.2 Å². The van der Waals surface area contributed by atoms with Gasteiger partial charge in [-0.05, 0) is 6.26 Å². The molecule has 0 aromatic carbocycles. The maximum atomic E-state index is 12.1. The van der Waals surface area contributed by atoms with Gasteiger partial charge in [-0.1, -0.05) is 11.6 Å². The van der Waals surface area contributed by atoms with E-state index in [2.05, 4.69) is 0 Å². The molecule has 9 heteroatoms. The van der Waals surface area contributed by atoms with E-state index < -0.39 is 27.4 Å². The molecular weight excluding hydrogens is 326 g/mol. The molecule has 0 aromatic rings. The fourth-order valence-electron chi connectivity index (χ4n) is 2.04. The van der Waals surface area contributed by atoms with Crippen molar-refractivity contribution in [2.45, 2.75) is 16.5 Å². The summed E-state index contributed by atoms with van der Waals surface area (Å²) in [6, 6.07) is 0. The third-order valence-electron chi connectivity index (χ3n) is 3.00. The number of hydrogen-bond donors (Lipinski definition) is 1. The van der Waals surface area contributed by atoms with E-state index in [0.717, 1.165) is 0 Å². The summed E-state index contributed by atoms with van der Waals surface area (Å²) >= 11 is 8.77. The lowest BCUT2D eigenvalue weighted by atomic mass is 10.1. The first kappa shape index (κ1) is 15.5. The summed E-state index contributed by atoms with van der Waals surface area (Å²) in [5.41, 5.74) is 0.285. The molecule has 2 heterocycles. The number of carboxylic acid groups (broad SMARTS) is 1. The van der Waals surface area contributed by atoms with Gasteiger partial charge < -0.3 is 9.84 Å². The minimum Gasteiger partial charge on any atom is -0.477 e. The second-order valence-corrected chi connectivity index (χ2v) is 7.17. The van der Waals surface area contributed by atoms with E-state index in [0.29, 0.717) is 11.3 Å². The molecule has 2 atom stereocenters. The molecule has 0 aliphatic carbocycles. The van der Waals surface area contributed by atoms with Gasteiger partial charge in [-0.15, -0.1) is 23.5 Å². The Labute approximate surface area is 128 Å². The molecule has 2 aliphatic heterocycles. The van der Waals surface area contributed by atoms with Crippen LogP contribution in [0.5, 0.6) is 0 Å². The Morgan fingerprint density at radius 1 is 1.65 bits per heavy atom. The third-order valence-corrected chi connectivity index (χ3v) is 6.50. The van der Waals surface area contributed by atoms with E-state index in [-0.39, 0.29) is 12.3 Å². The first-order valence-corrected chi connectivity index (χ1v) is 8.26. The zero-order valence-electron chi connectivity index (χ0n) is 10.7. The molecule has 2 aliphatic rings. The standard InChI is InChI=1S/C11H12ClNO5S2/c1-5(14)18-3-6-4-20-10-11(12,19-2)9(17)13(10)7(6)8(15)16/h10H,3-4H2,1-2H3,(H,15,16)/t10-,11?/m1/s1. The zero-order valence-corrected chi connectivity index (χ0v) is 13.1. The summed E-state index contributed by atoms with van der Waals surface area (Å²) in [5.74, 6) is -1.80. The normalized spacial score (nSPS) is 28.9. The highest BCUT2D eigenvalue weighted by atomic mass is 35.5. The minimum absolute atomic E-state index is 0.120. The van der Waals surface area contributed by atoms with Gasteiger partial charge in [-0.2, -0.15) is 0 Å². The van der Waals surface area contributed by atoms with Gasteiger partial charge in [0.25, 0.3) is 5.91 Å². The Kier molecular flexibility index (Phi) is 4.27. The molecular formula is C11H12ClNO5S2. The number of rotatable bonds is 4. The lowest BCUT2D eigenvalue weighted by Gasteiger charge is -2.53. The molecule has 2 rings (SSSR count). The monoisotopic (exact) mass is 337 g/mol. The van der Waals surface area contributed by atoms with Crippen molar-refractivity contribution in [3.05, 3.63) is 11.3 Å². The van der Waals surface area contributed by atoms with Crippen LogP contribution in [-0.4, -0.2) is 56.0 Å². The number of nitrogens with zero attached hydrogens (tertiary/aromatic N) is 1. The van der Waals surface area contributed by atoms with Crippen molar-refractivity contribution in [1.29, 1.82) is 0 Å². The molecule has 0 aromatic heterocycles. The quantitative estimate of drug-likeness (QED) is 0.467. The van der Waals surface area contributed by atoms with Crippen LogP contribution in [0, 0.1) is 0 Å². The van der Waals surface area contributed by atoms with Crippen LogP contribution in [0.3, 0.4) is 0 Å². The molecule has 1 amide bonds. The van der Waals surface area contributed by atoms with E-state index in [1.807, 2.05) is 0 Å². The number of β-lactam (4-membered cyclic amide) rings is 1. The Morgan fingerprint density at radius 2 is 2.30 bits per heavy atom. The number of thioether (sulfide) groups is 2. The molecule has 0 spiro atoms. The van der Waals surface area contributed by atoms with E-state index in [9.17, 15) is 19.5 Å². The first-order chi connectivity index (χ1) is 9.32. The highest BCUT2D eigenvalue weighted by Crippen LogP contribution is 2.54. The molecule has 6 nitrogen and oxygen atoms in total. The van der Waals surface area contributed by atoms with Crippen molar-refractivity contribution < 1.29 is 24.2 Å². The maximum absolute atomic E-state index is 12.1. The Bertz CT molecular complexity index is 523. The van der Waals surface area contributed by atoms with E-state index in [1.54, 1.807) is 6.26 Å². The average Bonchev–Trinajstić information content (AvgIpc) is 2.42. The van der Waals surface area contributed by atoms with Crippen molar-refractivity contribution in [2.75, 3.05) is 18.6 Å². The largest absolute Gasteiger partial charge is 0.477 e. The number of carboxylic acids is 1. The van der Waals surface area contributed by atoms with Crippen molar-refractivity contribution in [1.82, 2.24) is 4.90 Å². The number of ether oxygens (including phenoxy) is 1. The summed E-state index contributed by atoms with van der Waals surface area (Å²) in [6.07, 6.45) is 1.71. The Hall–Kier alpha value is -0.860. The predicted molar refractivity (Wildman–Crippen MR) is 76.5 cm³/mol. The number of alkyl halides is 1. The van der Waals surface area contributed by atoms with Crippen LogP contribution >= 0.6 is 35.1 Å². The highest BCUT2D eigenvalue weighted by Gasteiger charge is 2.63.